The van der Waals surface area contributed by atoms with E-state index in [1.807, 2.05) is 0 Å². The largest absolute Gasteiger partial charge is 0.466 e. The van der Waals surface area contributed by atoms with Crippen LogP contribution in [0.2, 0.25) is 0 Å². The van der Waals surface area contributed by atoms with Gasteiger partial charge >= 0.3 is 5.97 Å². The molecule has 12 heavy (non-hydrogen) atoms. The lowest BCUT2D eigenvalue weighted by atomic mass is 10.4. The van der Waals surface area contributed by atoms with Crippen LogP contribution in [0.4, 0.5) is 0 Å². The number of ether oxygens (including phenoxy) is 1. The first-order valence-corrected chi connectivity index (χ1v) is 3.76. The van der Waals surface area contributed by atoms with Crippen LogP contribution in [0.3, 0.4) is 0 Å². The molecule has 0 spiro atoms. The maximum atomic E-state index is 10.8. The zero-order valence-corrected chi connectivity index (χ0v) is 7.32. The molecule has 0 aromatic heterocycles. The molecule has 0 rings (SSSR count). The first-order valence-electron chi connectivity index (χ1n) is 3.76. The SMILES string of the molecule is C=CN(CCC(=O)OCC)N=C. The second kappa shape index (κ2) is 6.39. The van der Waals surface area contributed by atoms with E-state index in [0.717, 1.165) is 0 Å². The van der Waals surface area contributed by atoms with Gasteiger partial charge in [0.1, 0.15) is 0 Å². The summed E-state index contributed by atoms with van der Waals surface area (Å²) in [5, 5.41) is 5.08. The van der Waals surface area contributed by atoms with E-state index in [2.05, 4.69) is 18.4 Å². The van der Waals surface area contributed by atoms with E-state index in [4.69, 9.17) is 4.74 Å². The maximum absolute atomic E-state index is 10.8. The molecule has 0 unspecified atom stereocenters. The van der Waals surface area contributed by atoms with Crippen molar-refractivity contribution in [3.63, 3.8) is 0 Å². The van der Waals surface area contributed by atoms with Crippen molar-refractivity contribution in [3.8, 4) is 0 Å². The van der Waals surface area contributed by atoms with Gasteiger partial charge in [-0.15, -0.1) is 0 Å². The summed E-state index contributed by atoms with van der Waals surface area (Å²) in [5.41, 5.74) is 0. The fraction of sp³-hybridized carbons (Fsp3) is 0.500. The van der Waals surface area contributed by atoms with Gasteiger partial charge in [0.15, 0.2) is 0 Å². The number of hydrogen-bond acceptors (Lipinski definition) is 4. The second-order valence-corrected chi connectivity index (χ2v) is 2.04. The fourth-order valence-corrected chi connectivity index (χ4v) is 0.659. The van der Waals surface area contributed by atoms with Crippen molar-refractivity contribution in [2.45, 2.75) is 13.3 Å². The molecule has 68 valence electrons. The Labute approximate surface area is 72.5 Å². The minimum atomic E-state index is -0.229. The van der Waals surface area contributed by atoms with Gasteiger partial charge < -0.3 is 4.74 Å². The number of carbonyl (C=O) groups excluding carboxylic acids is 1. The van der Waals surface area contributed by atoms with Gasteiger partial charge in [-0.2, -0.15) is 5.10 Å². The molecule has 0 heterocycles. The molecule has 4 nitrogen and oxygen atoms in total. The number of esters is 1. The number of hydrogen-bond donors (Lipinski definition) is 0. The highest BCUT2D eigenvalue weighted by Crippen LogP contribution is 1.93. The minimum absolute atomic E-state index is 0.229. The van der Waals surface area contributed by atoms with Crippen LogP contribution in [0.15, 0.2) is 17.9 Å². The molecule has 0 aromatic carbocycles. The van der Waals surface area contributed by atoms with E-state index >= 15 is 0 Å². The number of nitrogens with zero attached hydrogens (tertiary/aromatic N) is 2. The van der Waals surface area contributed by atoms with Crippen LogP contribution in [0.1, 0.15) is 13.3 Å². The van der Waals surface area contributed by atoms with Gasteiger partial charge in [0.2, 0.25) is 0 Å². The Bertz CT molecular complexity index is 160. The molecule has 0 amide bonds. The number of carbonyl (C=O) groups is 1. The van der Waals surface area contributed by atoms with Crippen LogP contribution in [-0.2, 0) is 9.53 Å². The van der Waals surface area contributed by atoms with E-state index in [1.165, 1.54) is 11.2 Å². The zero-order chi connectivity index (χ0) is 9.40. The van der Waals surface area contributed by atoms with Crippen molar-refractivity contribution in [2.24, 2.45) is 5.10 Å². The molecule has 0 radical (unpaired) electrons. The molecule has 4 heteroatoms. The first kappa shape index (κ1) is 10.7. The third kappa shape index (κ3) is 4.49. The first-order chi connectivity index (χ1) is 5.74. The Morgan fingerprint density at radius 2 is 2.42 bits per heavy atom. The van der Waals surface area contributed by atoms with Gasteiger partial charge in [0.05, 0.1) is 19.6 Å². The Hall–Kier alpha value is -1.32. The summed E-state index contributed by atoms with van der Waals surface area (Å²) < 4.78 is 4.72. The van der Waals surface area contributed by atoms with Crippen LogP contribution < -0.4 is 0 Å². The molecule has 0 aliphatic heterocycles. The highest BCUT2D eigenvalue weighted by Gasteiger charge is 2.02. The summed E-state index contributed by atoms with van der Waals surface area (Å²) in [6, 6.07) is 0. The molecule has 0 fully saturated rings. The molecule has 0 aromatic rings. The minimum Gasteiger partial charge on any atom is -0.466 e. The lowest BCUT2D eigenvalue weighted by Crippen LogP contribution is -2.16. The summed E-state index contributed by atoms with van der Waals surface area (Å²) in [4.78, 5) is 10.8. The lowest BCUT2D eigenvalue weighted by molar-refractivity contribution is -0.143. The van der Waals surface area contributed by atoms with E-state index < -0.39 is 0 Å². The summed E-state index contributed by atoms with van der Waals surface area (Å²) in [6.07, 6.45) is 1.81. The third-order valence-corrected chi connectivity index (χ3v) is 1.24. The highest BCUT2D eigenvalue weighted by atomic mass is 16.5. The van der Waals surface area contributed by atoms with Crippen LogP contribution in [0.25, 0.3) is 0 Å². The van der Waals surface area contributed by atoms with Crippen molar-refractivity contribution in [1.82, 2.24) is 5.01 Å². The molecule has 0 aliphatic rings. The Morgan fingerprint density at radius 1 is 1.75 bits per heavy atom. The topological polar surface area (TPSA) is 41.9 Å². The molecule has 0 N–H and O–H groups in total. The lowest BCUT2D eigenvalue weighted by Gasteiger charge is -2.11. The average Bonchev–Trinajstić information content (AvgIpc) is 2.07. The normalized spacial score (nSPS) is 8.75. The Balaban J connectivity index is 3.58. The Kier molecular flexibility index (Phi) is 5.69. The van der Waals surface area contributed by atoms with Crippen molar-refractivity contribution < 1.29 is 9.53 Å². The molecule has 0 aliphatic carbocycles. The average molecular weight is 170 g/mol. The zero-order valence-electron chi connectivity index (χ0n) is 7.32. The van der Waals surface area contributed by atoms with Crippen LogP contribution in [0, 0.1) is 0 Å². The second-order valence-electron chi connectivity index (χ2n) is 2.04. The van der Waals surface area contributed by atoms with Crippen LogP contribution in [-0.4, -0.2) is 30.8 Å². The molecular formula is C8H14N2O2. The maximum Gasteiger partial charge on any atom is 0.307 e. The van der Waals surface area contributed by atoms with Crippen molar-refractivity contribution in [1.29, 1.82) is 0 Å². The van der Waals surface area contributed by atoms with E-state index in [1.54, 1.807) is 6.92 Å². The monoisotopic (exact) mass is 170 g/mol. The molecule has 0 atom stereocenters. The smallest absolute Gasteiger partial charge is 0.307 e. The summed E-state index contributed by atoms with van der Waals surface area (Å²) in [6.45, 7) is 9.45. The van der Waals surface area contributed by atoms with Crippen LogP contribution >= 0.6 is 0 Å². The standard InChI is InChI=1S/C8H14N2O2/c1-4-10(9-3)7-6-8(11)12-5-2/h4H,1,3,5-7H2,2H3. The van der Waals surface area contributed by atoms with E-state index in [-0.39, 0.29) is 5.97 Å². The van der Waals surface area contributed by atoms with E-state index in [0.29, 0.717) is 19.6 Å². The van der Waals surface area contributed by atoms with Gasteiger partial charge in [0.25, 0.3) is 0 Å². The number of rotatable bonds is 6. The Morgan fingerprint density at radius 3 is 2.83 bits per heavy atom. The van der Waals surface area contributed by atoms with Crippen molar-refractivity contribution in [2.75, 3.05) is 13.2 Å². The van der Waals surface area contributed by atoms with Gasteiger partial charge in [0, 0.05) is 12.9 Å². The van der Waals surface area contributed by atoms with Crippen molar-refractivity contribution in [3.05, 3.63) is 12.8 Å². The molecule has 0 saturated carbocycles. The summed E-state index contributed by atoms with van der Waals surface area (Å²) in [7, 11) is 0. The van der Waals surface area contributed by atoms with Crippen LogP contribution in [0.5, 0.6) is 0 Å². The molecule has 0 saturated heterocycles. The van der Waals surface area contributed by atoms with Crippen molar-refractivity contribution >= 4 is 12.7 Å². The third-order valence-electron chi connectivity index (χ3n) is 1.24. The van der Waals surface area contributed by atoms with Gasteiger partial charge in [-0.05, 0) is 6.92 Å². The predicted octanol–water partition coefficient (Wildman–Crippen LogP) is 1.00. The van der Waals surface area contributed by atoms with Gasteiger partial charge in [-0.3, -0.25) is 9.80 Å². The number of hydrazone groups is 1. The highest BCUT2D eigenvalue weighted by molar-refractivity contribution is 5.69. The summed E-state index contributed by atoms with van der Waals surface area (Å²) in [5.74, 6) is -0.229. The fourth-order valence-electron chi connectivity index (χ4n) is 0.659. The summed E-state index contributed by atoms with van der Waals surface area (Å²) >= 11 is 0. The van der Waals surface area contributed by atoms with Gasteiger partial charge in [-0.25, -0.2) is 0 Å². The van der Waals surface area contributed by atoms with E-state index in [9.17, 15) is 4.79 Å². The molecular weight excluding hydrogens is 156 g/mol. The predicted molar refractivity (Wildman–Crippen MR) is 47.7 cm³/mol. The van der Waals surface area contributed by atoms with Gasteiger partial charge in [-0.1, -0.05) is 6.58 Å². The molecule has 0 bridgehead atoms. The quantitative estimate of drug-likeness (QED) is 0.339.